The van der Waals surface area contributed by atoms with E-state index >= 15 is 0 Å². The number of hydrogen-bond donors (Lipinski definition) is 1. The predicted octanol–water partition coefficient (Wildman–Crippen LogP) is 1.44. The van der Waals surface area contributed by atoms with Crippen molar-refractivity contribution in [2.45, 2.75) is 13.5 Å². The van der Waals surface area contributed by atoms with Crippen LogP contribution in [0.2, 0.25) is 0 Å². The molecule has 0 aliphatic carbocycles. The van der Waals surface area contributed by atoms with Gasteiger partial charge in [0.1, 0.15) is 17.5 Å². The van der Waals surface area contributed by atoms with Crippen LogP contribution in [-0.4, -0.2) is 15.0 Å². The lowest BCUT2D eigenvalue weighted by molar-refractivity contribution is 0.628. The molecule has 2 aromatic rings. The molecule has 1 aromatic heterocycles. The molecule has 0 unspecified atom stereocenters. The van der Waals surface area contributed by atoms with Crippen LogP contribution in [0.5, 0.6) is 0 Å². The van der Waals surface area contributed by atoms with E-state index in [4.69, 9.17) is 5.73 Å². The minimum atomic E-state index is -0.284. The molecule has 5 heteroatoms. The SMILES string of the molecule is Cc1nc(CN)nc(-c2ccc(F)cc2)n1. The molecular formula is C11H11FN4. The maximum Gasteiger partial charge on any atom is 0.163 e. The van der Waals surface area contributed by atoms with E-state index in [1.165, 1.54) is 12.1 Å². The van der Waals surface area contributed by atoms with E-state index in [-0.39, 0.29) is 12.4 Å². The first kappa shape index (κ1) is 10.6. The minimum Gasteiger partial charge on any atom is -0.324 e. The molecule has 0 aliphatic rings. The Labute approximate surface area is 92.4 Å². The van der Waals surface area contributed by atoms with Crippen molar-refractivity contribution in [3.63, 3.8) is 0 Å². The first-order valence-electron chi connectivity index (χ1n) is 4.86. The molecule has 82 valence electrons. The van der Waals surface area contributed by atoms with Crippen LogP contribution < -0.4 is 5.73 Å². The van der Waals surface area contributed by atoms with E-state index in [1.807, 2.05) is 0 Å². The molecule has 0 saturated heterocycles. The number of aromatic nitrogens is 3. The average molecular weight is 218 g/mol. The van der Waals surface area contributed by atoms with Crippen LogP contribution in [0.1, 0.15) is 11.6 Å². The summed E-state index contributed by atoms with van der Waals surface area (Å²) in [7, 11) is 0. The van der Waals surface area contributed by atoms with Gasteiger partial charge in [0.15, 0.2) is 5.82 Å². The second kappa shape index (κ2) is 4.32. The molecule has 0 spiro atoms. The van der Waals surface area contributed by atoms with Crippen LogP contribution in [0.25, 0.3) is 11.4 Å². The van der Waals surface area contributed by atoms with Gasteiger partial charge in [-0.3, -0.25) is 0 Å². The fourth-order valence-electron chi connectivity index (χ4n) is 1.36. The van der Waals surface area contributed by atoms with E-state index in [0.717, 1.165) is 5.56 Å². The summed E-state index contributed by atoms with van der Waals surface area (Å²) in [6, 6.07) is 6.00. The normalized spacial score (nSPS) is 10.4. The molecule has 1 aromatic carbocycles. The van der Waals surface area contributed by atoms with Crippen LogP contribution in [0, 0.1) is 12.7 Å². The highest BCUT2D eigenvalue weighted by molar-refractivity contribution is 5.54. The second-order valence-corrected chi connectivity index (χ2v) is 3.33. The molecular weight excluding hydrogens is 207 g/mol. The summed E-state index contributed by atoms with van der Waals surface area (Å²) in [5.74, 6) is 1.38. The molecule has 0 saturated carbocycles. The highest BCUT2D eigenvalue weighted by atomic mass is 19.1. The number of rotatable bonds is 2. The number of nitrogens with zero attached hydrogens (tertiary/aromatic N) is 3. The summed E-state index contributed by atoms with van der Waals surface area (Å²) in [6.45, 7) is 2.03. The van der Waals surface area contributed by atoms with Gasteiger partial charge < -0.3 is 5.73 Å². The van der Waals surface area contributed by atoms with Gasteiger partial charge in [-0.2, -0.15) is 0 Å². The standard InChI is InChI=1S/C11H11FN4/c1-7-14-10(6-13)16-11(15-7)8-2-4-9(12)5-3-8/h2-5H,6,13H2,1H3. The Kier molecular flexibility index (Phi) is 2.87. The summed E-state index contributed by atoms with van der Waals surface area (Å²) in [4.78, 5) is 12.4. The van der Waals surface area contributed by atoms with Crippen LogP contribution in [-0.2, 0) is 6.54 Å². The van der Waals surface area contributed by atoms with Gasteiger partial charge >= 0.3 is 0 Å². The van der Waals surface area contributed by atoms with Crippen molar-refractivity contribution in [2.75, 3.05) is 0 Å². The lowest BCUT2D eigenvalue weighted by Gasteiger charge is -2.03. The Morgan fingerprint density at radius 1 is 1.12 bits per heavy atom. The predicted molar refractivity (Wildman–Crippen MR) is 57.8 cm³/mol. The van der Waals surface area contributed by atoms with Crippen LogP contribution >= 0.6 is 0 Å². The van der Waals surface area contributed by atoms with Gasteiger partial charge in [0.05, 0.1) is 6.54 Å². The summed E-state index contributed by atoms with van der Waals surface area (Å²) >= 11 is 0. The maximum absolute atomic E-state index is 12.8. The van der Waals surface area contributed by atoms with Crippen molar-refractivity contribution in [2.24, 2.45) is 5.73 Å². The van der Waals surface area contributed by atoms with E-state index in [0.29, 0.717) is 17.5 Å². The largest absolute Gasteiger partial charge is 0.324 e. The van der Waals surface area contributed by atoms with Gasteiger partial charge in [-0.25, -0.2) is 19.3 Å². The molecule has 0 radical (unpaired) electrons. The van der Waals surface area contributed by atoms with Crippen molar-refractivity contribution in [1.82, 2.24) is 15.0 Å². The molecule has 1 heterocycles. The quantitative estimate of drug-likeness (QED) is 0.828. The highest BCUT2D eigenvalue weighted by Crippen LogP contribution is 2.15. The number of halogens is 1. The lowest BCUT2D eigenvalue weighted by Crippen LogP contribution is -2.07. The molecule has 2 rings (SSSR count). The lowest BCUT2D eigenvalue weighted by atomic mass is 10.2. The molecule has 0 aliphatic heterocycles. The van der Waals surface area contributed by atoms with Gasteiger partial charge in [0.2, 0.25) is 0 Å². The molecule has 4 nitrogen and oxygen atoms in total. The number of aryl methyl sites for hydroxylation is 1. The monoisotopic (exact) mass is 218 g/mol. The molecule has 16 heavy (non-hydrogen) atoms. The van der Waals surface area contributed by atoms with E-state index < -0.39 is 0 Å². The smallest absolute Gasteiger partial charge is 0.163 e. The first-order chi connectivity index (χ1) is 7.69. The van der Waals surface area contributed by atoms with Crippen molar-refractivity contribution in [3.05, 3.63) is 41.7 Å². The third kappa shape index (κ3) is 2.20. The third-order valence-corrected chi connectivity index (χ3v) is 2.08. The molecule has 0 fully saturated rings. The summed E-state index contributed by atoms with van der Waals surface area (Å²) in [6.07, 6.45) is 0. The number of benzene rings is 1. The van der Waals surface area contributed by atoms with Gasteiger partial charge in [0, 0.05) is 5.56 Å². The first-order valence-corrected chi connectivity index (χ1v) is 4.86. The minimum absolute atomic E-state index is 0.261. The Hall–Kier alpha value is -1.88. The fraction of sp³-hybridized carbons (Fsp3) is 0.182. The van der Waals surface area contributed by atoms with Gasteiger partial charge in [-0.15, -0.1) is 0 Å². The summed E-state index contributed by atoms with van der Waals surface area (Å²) < 4.78 is 12.8. The van der Waals surface area contributed by atoms with Crippen LogP contribution in [0.4, 0.5) is 4.39 Å². The Bertz CT molecular complexity index is 496. The van der Waals surface area contributed by atoms with Crippen molar-refractivity contribution in [3.8, 4) is 11.4 Å². The van der Waals surface area contributed by atoms with Crippen LogP contribution in [0.3, 0.4) is 0 Å². The molecule has 2 N–H and O–H groups in total. The Morgan fingerprint density at radius 3 is 2.44 bits per heavy atom. The zero-order valence-electron chi connectivity index (χ0n) is 8.81. The summed E-state index contributed by atoms with van der Waals surface area (Å²) in [5.41, 5.74) is 6.23. The highest BCUT2D eigenvalue weighted by Gasteiger charge is 2.05. The zero-order chi connectivity index (χ0) is 11.5. The fourth-order valence-corrected chi connectivity index (χ4v) is 1.36. The summed E-state index contributed by atoms with van der Waals surface area (Å²) in [5, 5.41) is 0. The van der Waals surface area contributed by atoms with E-state index in [1.54, 1.807) is 19.1 Å². The van der Waals surface area contributed by atoms with Crippen LogP contribution in [0.15, 0.2) is 24.3 Å². The molecule has 0 amide bonds. The van der Waals surface area contributed by atoms with Crippen molar-refractivity contribution < 1.29 is 4.39 Å². The molecule has 0 atom stereocenters. The van der Waals surface area contributed by atoms with Gasteiger partial charge in [0.25, 0.3) is 0 Å². The van der Waals surface area contributed by atoms with Gasteiger partial charge in [-0.1, -0.05) is 0 Å². The topological polar surface area (TPSA) is 64.7 Å². The van der Waals surface area contributed by atoms with E-state index in [2.05, 4.69) is 15.0 Å². The van der Waals surface area contributed by atoms with Crippen molar-refractivity contribution >= 4 is 0 Å². The Balaban J connectivity index is 2.47. The van der Waals surface area contributed by atoms with E-state index in [9.17, 15) is 4.39 Å². The van der Waals surface area contributed by atoms with Gasteiger partial charge in [-0.05, 0) is 31.2 Å². The maximum atomic E-state index is 12.8. The second-order valence-electron chi connectivity index (χ2n) is 3.33. The third-order valence-electron chi connectivity index (χ3n) is 2.08. The number of nitrogens with two attached hydrogens (primary N) is 1. The Morgan fingerprint density at radius 2 is 1.81 bits per heavy atom. The zero-order valence-corrected chi connectivity index (χ0v) is 8.81. The molecule has 0 bridgehead atoms. The average Bonchev–Trinajstić information content (AvgIpc) is 2.29. The van der Waals surface area contributed by atoms with Crippen molar-refractivity contribution in [1.29, 1.82) is 0 Å². The number of hydrogen-bond acceptors (Lipinski definition) is 4.